The Morgan fingerprint density at radius 2 is 1.65 bits per heavy atom. The monoisotopic (exact) mass is 230 g/mol. The SMILES string of the molecule is COc1cccc(OC)c1C(=O)C(C#N)C#N. The summed E-state index contributed by atoms with van der Waals surface area (Å²) in [6.45, 7) is 0. The van der Waals surface area contributed by atoms with Crippen molar-refractivity contribution in [3.8, 4) is 23.6 Å². The lowest BCUT2D eigenvalue weighted by Gasteiger charge is -2.11. The average molecular weight is 230 g/mol. The fourth-order valence-electron chi connectivity index (χ4n) is 1.38. The third kappa shape index (κ3) is 2.35. The van der Waals surface area contributed by atoms with Gasteiger partial charge in [0.05, 0.1) is 26.4 Å². The van der Waals surface area contributed by atoms with E-state index in [0.717, 1.165) is 0 Å². The van der Waals surface area contributed by atoms with E-state index >= 15 is 0 Å². The van der Waals surface area contributed by atoms with Crippen molar-refractivity contribution in [1.82, 2.24) is 0 Å². The zero-order valence-corrected chi connectivity index (χ0v) is 9.43. The summed E-state index contributed by atoms with van der Waals surface area (Å²) in [4.78, 5) is 12.0. The van der Waals surface area contributed by atoms with Crippen LogP contribution in [0.2, 0.25) is 0 Å². The van der Waals surface area contributed by atoms with E-state index in [1.807, 2.05) is 0 Å². The minimum Gasteiger partial charge on any atom is -0.496 e. The largest absolute Gasteiger partial charge is 0.496 e. The summed E-state index contributed by atoms with van der Waals surface area (Å²) in [6, 6.07) is 8.06. The molecule has 5 heteroatoms. The molecule has 0 heterocycles. The Hall–Kier alpha value is -2.53. The summed E-state index contributed by atoms with van der Waals surface area (Å²) in [5, 5.41) is 17.4. The first-order valence-corrected chi connectivity index (χ1v) is 4.74. The van der Waals surface area contributed by atoms with E-state index < -0.39 is 11.7 Å². The Labute approximate surface area is 98.8 Å². The van der Waals surface area contributed by atoms with Crippen LogP contribution < -0.4 is 9.47 Å². The van der Waals surface area contributed by atoms with Crippen molar-refractivity contribution in [3.05, 3.63) is 23.8 Å². The standard InChI is InChI=1S/C12H10N2O3/c1-16-9-4-3-5-10(17-2)11(9)12(15)8(6-13)7-14/h3-5,8H,1-2H3. The Morgan fingerprint density at radius 3 is 2.00 bits per heavy atom. The summed E-state index contributed by atoms with van der Waals surface area (Å²) in [7, 11) is 2.80. The molecule has 5 nitrogen and oxygen atoms in total. The van der Waals surface area contributed by atoms with E-state index in [-0.39, 0.29) is 17.1 Å². The summed E-state index contributed by atoms with van der Waals surface area (Å²) in [6.07, 6.45) is 0. The number of methoxy groups -OCH3 is 2. The van der Waals surface area contributed by atoms with Crippen LogP contribution in [0.1, 0.15) is 10.4 Å². The highest BCUT2D eigenvalue weighted by atomic mass is 16.5. The van der Waals surface area contributed by atoms with E-state index in [4.69, 9.17) is 20.0 Å². The number of hydrogen-bond acceptors (Lipinski definition) is 5. The smallest absolute Gasteiger partial charge is 0.201 e. The molecule has 0 unspecified atom stereocenters. The van der Waals surface area contributed by atoms with Gasteiger partial charge < -0.3 is 9.47 Å². The van der Waals surface area contributed by atoms with E-state index in [1.165, 1.54) is 14.2 Å². The second-order valence-electron chi connectivity index (χ2n) is 3.09. The topological polar surface area (TPSA) is 83.1 Å². The van der Waals surface area contributed by atoms with E-state index in [2.05, 4.69) is 0 Å². The second-order valence-corrected chi connectivity index (χ2v) is 3.09. The number of nitriles is 2. The molecular formula is C12H10N2O3. The molecule has 86 valence electrons. The number of Topliss-reactive ketones (excluding diaryl/α,β-unsaturated/α-hetero) is 1. The van der Waals surface area contributed by atoms with Crippen LogP contribution >= 0.6 is 0 Å². The van der Waals surface area contributed by atoms with Crippen LogP contribution in [-0.2, 0) is 0 Å². The van der Waals surface area contributed by atoms with Crippen molar-refractivity contribution in [2.24, 2.45) is 5.92 Å². The van der Waals surface area contributed by atoms with Crippen molar-refractivity contribution in [2.45, 2.75) is 0 Å². The van der Waals surface area contributed by atoms with Gasteiger partial charge in [-0.15, -0.1) is 0 Å². The van der Waals surface area contributed by atoms with Crippen LogP contribution in [0.25, 0.3) is 0 Å². The van der Waals surface area contributed by atoms with Crippen LogP contribution in [0.3, 0.4) is 0 Å². The first-order chi connectivity index (χ1) is 8.19. The fraction of sp³-hybridized carbons (Fsp3) is 0.250. The highest BCUT2D eigenvalue weighted by molar-refractivity contribution is 6.05. The van der Waals surface area contributed by atoms with Gasteiger partial charge in [0.15, 0.2) is 5.92 Å². The Balaban J connectivity index is 3.34. The fourth-order valence-corrected chi connectivity index (χ4v) is 1.38. The molecule has 0 fully saturated rings. The minimum absolute atomic E-state index is 0.116. The van der Waals surface area contributed by atoms with Crippen molar-refractivity contribution < 1.29 is 14.3 Å². The zero-order valence-electron chi connectivity index (χ0n) is 9.43. The molecule has 0 saturated heterocycles. The van der Waals surface area contributed by atoms with Gasteiger partial charge in [0.25, 0.3) is 0 Å². The van der Waals surface area contributed by atoms with E-state index in [0.29, 0.717) is 0 Å². The quantitative estimate of drug-likeness (QED) is 0.733. The molecular weight excluding hydrogens is 220 g/mol. The van der Waals surface area contributed by atoms with Gasteiger partial charge in [-0.3, -0.25) is 4.79 Å². The molecule has 0 N–H and O–H groups in total. The van der Waals surface area contributed by atoms with Gasteiger partial charge in [0, 0.05) is 0 Å². The maximum atomic E-state index is 12.0. The van der Waals surface area contributed by atoms with Crippen molar-refractivity contribution in [2.75, 3.05) is 14.2 Å². The molecule has 0 amide bonds. The molecule has 0 atom stereocenters. The lowest BCUT2D eigenvalue weighted by molar-refractivity contribution is 0.0964. The highest BCUT2D eigenvalue weighted by Gasteiger charge is 2.26. The molecule has 0 radical (unpaired) electrons. The lowest BCUT2D eigenvalue weighted by atomic mass is 9.98. The van der Waals surface area contributed by atoms with Crippen LogP contribution in [0.5, 0.6) is 11.5 Å². The minimum atomic E-state index is -1.36. The predicted octanol–water partition coefficient (Wildman–Crippen LogP) is 1.55. The predicted molar refractivity (Wildman–Crippen MR) is 58.6 cm³/mol. The van der Waals surface area contributed by atoms with Crippen LogP contribution in [0.15, 0.2) is 18.2 Å². The summed E-state index contributed by atoms with van der Waals surface area (Å²) in [5.41, 5.74) is 0.116. The Morgan fingerprint density at radius 1 is 1.18 bits per heavy atom. The number of carbonyl (C=O) groups excluding carboxylic acids is 1. The van der Waals surface area contributed by atoms with Gasteiger partial charge in [-0.05, 0) is 12.1 Å². The average Bonchev–Trinajstić information content (AvgIpc) is 2.38. The van der Waals surface area contributed by atoms with Gasteiger partial charge in [-0.25, -0.2) is 0 Å². The van der Waals surface area contributed by atoms with Crippen LogP contribution in [0.4, 0.5) is 0 Å². The Kier molecular flexibility index (Phi) is 4.08. The van der Waals surface area contributed by atoms with E-state index in [9.17, 15) is 4.79 Å². The zero-order chi connectivity index (χ0) is 12.8. The summed E-state index contributed by atoms with van der Waals surface area (Å²) >= 11 is 0. The second kappa shape index (κ2) is 5.53. The number of carbonyl (C=O) groups is 1. The summed E-state index contributed by atoms with van der Waals surface area (Å²) in [5.74, 6) is -1.42. The first kappa shape index (κ1) is 12.5. The van der Waals surface area contributed by atoms with Crippen molar-refractivity contribution in [3.63, 3.8) is 0 Å². The molecule has 0 bridgehead atoms. The van der Waals surface area contributed by atoms with Crippen LogP contribution in [0, 0.1) is 28.6 Å². The summed E-state index contributed by atoms with van der Waals surface area (Å²) < 4.78 is 10.1. The number of rotatable bonds is 4. The molecule has 17 heavy (non-hydrogen) atoms. The number of nitrogens with zero attached hydrogens (tertiary/aromatic N) is 2. The van der Waals surface area contributed by atoms with Gasteiger partial charge >= 0.3 is 0 Å². The Bertz CT molecular complexity index is 475. The van der Waals surface area contributed by atoms with Gasteiger partial charge in [-0.2, -0.15) is 10.5 Å². The molecule has 0 aromatic heterocycles. The molecule has 0 aliphatic carbocycles. The normalized spacial score (nSPS) is 9.24. The first-order valence-electron chi connectivity index (χ1n) is 4.74. The van der Waals surface area contributed by atoms with Gasteiger partial charge in [0.2, 0.25) is 5.78 Å². The van der Waals surface area contributed by atoms with Crippen LogP contribution in [-0.4, -0.2) is 20.0 Å². The maximum Gasteiger partial charge on any atom is 0.201 e. The number of hydrogen-bond donors (Lipinski definition) is 0. The number of ketones is 1. The third-order valence-corrected chi connectivity index (χ3v) is 2.19. The molecule has 0 aliphatic rings. The van der Waals surface area contributed by atoms with Crippen molar-refractivity contribution >= 4 is 5.78 Å². The number of ether oxygens (including phenoxy) is 2. The number of benzene rings is 1. The van der Waals surface area contributed by atoms with Gasteiger partial charge in [0.1, 0.15) is 17.1 Å². The highest BCUT2D eigenvalue weighted by Crippen LogP contribution is 2.30. The molecule has 1 rings (SSSR count). The molecule has 0 saturated carbocycles. The maximum absolute atomic E-state index is 12.0. The van der Waals surface area contributed by atoms with Crippen molar-refractivity contribution in [1.29, 1.82) is 10.5 Å². The lowest BCUT2D eigenvalue weighted by Crippen LogP contribution is -2.13. The molecule has 1 aromatic carbocycles. The molecule has 0 spiro atoms. The molecule has 1 aromatic rings. The van der Waals surface area contributed by atoms with E-state index in [1.54, 1.807) is 30.3 Å². The third-order valence-electron chi connectivity index (χ3n) is 2.19. The molecule has 0 aliphatic heterocycles. The van der Waals surface area contributed by atoms with Gasteiger partial charge in [-0.1, -0.05) is 6.07 Å².